The van der Waals surface area contributed by atoms with E-state index in [-0.39, 0.29) is 0 Å². The Labute approximate surface area is 162 Å². The SMILES string of the molecule is O=C(NC(C(F)(F)F)(C(F)(F)F)C(F)(F)F)N(C1CCCCC1)C1CCCCC1. The van der Waals surface area contributed by atoms with Gasteiger partial charge < -0.3 is 10.2 Å². The molecule has 0 aromatic rings. The molecule has 0 radical (unpaired) electrons. The molecule has 2 aliphatic carbocycles. The highest BCUT2D eigenvalue weighted by Crippen LogP contribution is 2.52. The van der Waals surface area contributed by atoms with Gasteiger partial charge in [-0.1, -0.05) is 38.5 Å². The van der Waals surface area contributed by atoms with Crippen molar-refractivity contribution >= 4 is 6.03 Å². The van der Waals surface area contributed by atoms with Gasteiger partial charge in [-0.05, 0) is 25.7 Å². The van der Waals surface area contributed by atoms with Gasteiger partial charge in [0.2, 0.25) is 0 Å². The average molecular weight is 442 g/mol. The van der Waals surface area contributed by atoms with E-state index in [1.54, 1.807) is 0 Å². The highest BCUT2D eigenvalue weighted by atomic mass is 19.4. The Morgan fingerprint density at radius 3 is 1.21 bits per heavy atom. The molecule has 2 aliphatic rings. The summed E-state index contributed by atoms with van der Waals surface area (Å²) in [4.78, 5) is 13.4. The van der Waals surface area contributed by atoms with Crippen LogP contribution in [-0.2, 0) is 0 Å². The standard InChI is InChI=1S/C17H23F9N2O/c18-15(19,20)14(16(21,22)23,17(24,25)26)27-13(29)28(11-7-3-1-4-8-11)12-9-5-2-6-10-12/h11-12H,1-10H2,(H,27,29). The Bertz CT molecular complexity index is 505. The van der Waals surface area contributed by atoms with Crippen LogP contribution in [0.3, 0.4) is 0 Å². The van der Waals surface area contributed by atoms with Crippen molar-refractivity contribution in [3.05, 3.63) is 0 Å². The van der Waals surface area contributed by atoms with Gasteiger partial charge in [0.05, 0.1) is 0 Å². The Balaban J connectivity index is 2.44. The van der Waals surface area contributed by atoms with E-state index in [4.69, 9.17) is 0 Å². The third-order valence-electron chi connectivity index (χ3n) is 5.74. The molecule has 29 heavy (non-hydrogen) atoms. The molecule has 0 bridgehead atoms. The largest absolute Gasteiger partial charge is 0.429 e. The van der Waals surface area contributed by atoms with Gasteiger partial charge in [-0.15, -0.1) is 0 Å². The predicted molar refractivity (Wildman–Crippen MR) is 85.0 cm³/mol. The van der Waals surface area contributed by atoms with E-state index in [1.165, 1.54) is 0 Å². The molecule has 1 N–H and O–H groups in total. The summed E-state index contributed by atoms with van der Waals surface area (Å²) in [5, 5.41) is 0.357. The fourth-order valence-corrected chi connectivity index (χ4v) is 4.27. The van der Waals surface area contributed by atoms with Crippen LogP contribution in [0.1, 0.15) is 64.2 Å². The lowest BCUT2D eigenvalue weighted by Crippen LogP contribution is -2.76. The number of urea groups is 1. The molecular formula is C17H23F9N2O. The van der Waals surface area contributed by atoms with E-state index in [0.717, 1.165) is 17.7 Å². The first-order valence-electron chi connectivity index (χ1n) is 9.53. The molecule has 0 heterocycles. The van der Waals surface area contributed by atoms with Gasteiger partial charge in [0.15, 0.2) is 0 Å². The topological polar surface area (TPSA) is 32.3 Å². The number of amides is 2. The van der Waals surface area contributed by atoms with E-state index in [1.807, 2.05) is 0 Å². The van der Waals surface area contributed by atoms with Gasteiger partial charge in [0.25, 0.3) is 0 Å². The number of rotatable bonds is 3. The molecule has 0 atom stereocenters. The maximum atomic E-state index is 13.2. The first-order valence-corrected chi connectivity index (χ1v) is 9.53. The fraction of sp³-hybridized carbons (Fsp3) is 0.941. The second-order valence-electron chi connectivity index (χ2n) is 7.66. The molecule has 170 valence electrons. The quantitative estimate of drug-likeness (QED) is 0.527. The zero-order chi connectivity index (χ0) is 22.1. The van der Waals surface area contributed by atoms with E-state index in [0.29, 0.717) is 56.7 Å². The number of halogens is 9. The zero-order valence-corrected chi connectivity index (χ0v) is 15.5. The van der Waals surface area contributed by atoms with Crippen molar-refractivity contribution in [3.63, 3.8) is 0 Å². The maximum Gasteiger partial charge on any atom is 0.429 e. The van der Waals surface area contributed by atoms with E-state index in [9.17, 15) is 44.3 Å². The highest BCUT2D eigenvalue weighted by Gasteiger charge is 2.85. The number of nitrogens with one attached hydrogen (secondary N) is 1. The lowest BCUT2D eigenvalue weighted by atomic mass is 9.88. The molecule has 0 saturated heterocycles. The van der Waals surface area contributed by atoms with Crippen molar-refractivity contribution in [3.8, 4) is 0 Å². The van der Waals surface area contributed by atoms with Crippen LogP contribution in [0.25, 0.3) is 0 Å². The Morgan fingerprint density at radius 2 is 0.931 bits per heavy atom. The molecule has 2 amide bonds. The van der Waals surface area contributed by atoms with Gasteiger partial charge in [-0.3, -0.25) is 0 Å². The van der Waals surface area contributed by atoms with Crippen LogP contribution in [0.15, 0.2) is 0 Å². The summed E-state index contributed by atoms with van der Waals surface area (Å²) in [7, 11) is 0. The third kappa shape index (κ3) is 4.70. The molecule has 0 spiro atoms. The molecule has 0 unspecified atom stereocenters. The Kier molecular flexibility index (Phi) is 6.93. The monoisotopic (exact) mass is 442 g/mol. The molecule has 0 aliphatic heterocycles. The summed E-state index contributed by atoms with van der Waals surface area (Å²) in [6.45, 7) is 0. The zero-order valence-electron chi connectivity index (χ0n) is 15.5. The lowest BCUT2D eigenvalue weighted by molar-refractivity contribution is -0.386. The number of hydrogen-bond donors (Lipinski definition) is 1. The molecule has 0 aromatic heterocycles. The number of carbonyl (C=O) groups excluding carboxylic acids is 1. The van der Waals surface area contributed by atoms with Gasteiger partial charge in [0.1, 0.15) is 0 Å². The van der Waals surface area contributed by atoms with Crippen LogP contribution in [0.4, 0.5) is 44.3 Å². The van der Waals surface area contributed by atoms with Crippen molar-refractivity contribution in [1.82, 2.24) is 10.2 Å². The number of alkyl halides is 9. The van der Waals surface area contributed by atoms with Gasteiger partial charge in [0, 0.05) is 12.1 Å². The van der Waals surface area contributed by atoms with Gasteiger partial charge >= 0.3 is 30.1 Å². The summed E-state index contributed by atoms with van der Waals surface area (Å²) in [6.07, 6.45) is -15.1. The molecule has 0 aromatic carbocycles. The van der Waals surface area contributed by atoms with Crippen LogP contribution in [0.5, 0.6) is 0 Å². The predicted octanol–water partition coefficient (Wildman–Crippen LogP) is 6.09. The molecule has 12 heteroatoms. The smallest absolute Gasteiger partial charge is 0.319 e. The summed E-state index contributed by atoms with van der Waals surface area (Å²) in [6, 6.07) is -3.32. The van der Waals surface area contributed by atoms with Crippen LogP contribution in [0.2, 0.25) is 0 Å². The maximum absolute atomic E-state index is 13.2. The summed E-state index contributed by atoms with van der Waals surface area (Å²) >= 11 is 0. The Hall–Kier alpha value is -1.36. The van der Waals surface area contributed by atoms with E-state index >= 15 is 0 Å². The number of hydrogen-bond acceptors (Lipinski definition) is 1. The van der Waals surface area contributed by atoms with Crippen molar-refractivity contribution in [2.45, 2.75) is 100 Å². The van der Waals surface area contributed by atoms with Crippen molar-refractivity contribution < 1.29 is 44.3 Å². The molecule has 3 nitrogen and oxygen atoms in total. The van der Waals surface area contributed by atoms with E-state index < -0.39 is 42.2 Å². The summed E-state index contributed by atoms with van der Waals surface area (Å²) < 4.78 is 119. The number of carbonyl (C=O) groups is 1. The normalized spacial score (nSPS) is 21.1. The highest BCUT2D eigenvalue weighted by molar-refractivity contribution is 5.76. The minimum atomic E-state index is -6.82. The first-order chi connectivity index (χ1) is 13.2. The summed E-state index contributed by atoms with van der Waals surface area (Å²) in [5.74, 6) is 0. The van der Waals surface area contributed by atoms with Crippen LogP contribution in [-0.4, -0.2) is 47.1 Å². The first kappa shape index (κ1) is 23.9. The number of nitrogens with zero attached hydrogens (tertiary/aromatic N) is 1. The third-order valence-corrected chi connectivity index (χ3v) is 5.74. The van der Waals surface area contributed by atoms with Crippen LogP contribution < -0.4 is 5.32 Å². The lowest BCUT2D eigenvalue weighted by Gasteiger charge is -2.45. The van der Waals surface area contributed by atoms with Crippen molar-refractivity contribution in [1.29, 1.82) is 0 Å². The fourth-order valence-electron chi connectivity index (χ4n) is 4.27. The second-order valence-corrected chi connectivity index (χ2v) is 7.66. The molecule has 2 saturated carbocycles. The van der Waals surface area contributed by atoms with Crippen molar-refractivity contribution in [2.24, 2.45) is 0 Å². The Morgan fingerprint density at radius 1 is 0.621 bits per heavy atom. The second kappa shape index (κ2) is 8.41. The summed E-state index contributed by atoms with van der Waals surface area (Å²) in [5.41, 5.74) is -6.33. The average Bonchev–Trinajstić information content (AvgIpc) is 2.58. The van der Waals surface area contributed by atoms with E-state index in [2.05, 4.69) is 0 Å². The minimum absolute atomic E-state index is 0.334. The molecule has 2 fully saturated rings. The molecular weight excluding hydrogens is 419 g/mol. The molecule has 2 rings (SSSR count). The van der Waals surface area contributed by atoms with Gasteiger partial charge in [-0.25, -0.2) is 4.79 Å². The van der Waals surface area contributed by atoms with Crippen LogP contribution in [0, 0.1) is 0 Å². The van der Waals surface area contributed by atoms with Gasteiger partial charge in [-0.2, -0.15) is 39.5 Å². The minimum Gasteiger partial charge on any atom is -0.319 e. The van der Waals surface area contributed by atoms with Crippen molar-refractivity contribution in [2.75, 3.05) is 0 Å². The van der Waals surface area contributed by atoms with Crippen LogP contribution >= 0.6 is 0 Å².